The number of aryl methyl sites for hydroxylation is 1. The Morgan fingerprint density at radius 2 is 2.00 bits per heavy atom. The number of hydrogen-bond acceptors (Lipinski definition) is 2. The standard InChI is InChI=1S/C7H10AsNO3/c1-5-4-6(9)2-3-7(5)8(10,11)12/h2-4H,9H2,1H3,(H2,10,11,12). The molecule has 5 heteroatoms. The number of rotatable bonds is 1. The summed E-state index contributed by atoms with van der Waals surface area (Å²) in [5, 5.41) is 0. The van der Waals surface area contributed by atoms with Crippen LogP contribution in [0.2, 0.25) is 0 Å². The molecule has 0 spiro atoms. The Balaban J connectivity index is 3.28. The van der Waals surface area contributed by atoms with Crippen molar-refractivity contribution in [2.75, 3.05) is 5.73 Å². The molecule has 0 unspecified atom stereocenters. The molecule has 0 fully saturated rings. The molecular weight excluding hydrogens is 221 g/mol. The SMILES string of the molecule is Cc1cc(N)ccc1[As](=O)(O)O. The van der Waals surface area contributed by atoms with Crippen molar-refractivity contribution in [3.05, 3.63) is 23.8 Å². The van der Waals surface area contributed by atoms with Crippen molar-refractivity contribution in [3.63, 3.8) is 0 Å². The van der Waals surface area contributed by atoms with Crippen LogP contribution in [0.15, 0.2) is 18.2 Å². The molecule has 4 nitrogen and oxygen atoms in total. The van der Waals surface area contributed by atoms with Crippen LogP contribution in [-0.2, 0) is 3.74 Å². The van der Waals surface area contributed by atoms with Crippen LogP contribution in [0.5, 0.6) is 0 Å². The third kappa shape index (κ3) is 1.91. The molecule has 0 aliphatic heterocycles. The normalized spacial score (nSPS) is 11.6. The van der Waals surface area contributed by atoms with Gasteiger partial charge in [-0.05, 0) is 0 Å². The van der Waals surface area contributed by atoms with E-state index in [1.54, 1.807) is 13.0 Å². The predicted octanol–water partition coefficient (Wildman–Crippen LogP) is -0.862. The zero-order chi connectivity index (χ0) is 9.35. The Labute approximate surface area is 73.0 Å². The van der Waals surface area contributed by atoms with Gasteiger partial charge in [0.25, 0.3) is 0 Å². The first-order valence-electron chi connectivity index (χ1n) is 3.33. The third-order valence-electron chi connectivity index (χ3n) is 1.53. The van der Waals surface area contributed by atoms with E-state index in [1.807, 2.05) is 0 Å². The monoisotopic (exact) mass is 231 g/mol. The van der Waals surface area contributed by atoms with Gasteiger partial charge in [0.2, 0.25) is 0 Å². The molecule has 1 aromatic carbocycles. The number of anilines is 1. The number of nitrogen functional groups attached to an aromatic ring is 1. The third-order valence-corrected chi connectivity index (χ3v) is 3.90. The van der Waals surface area contributed by atoms with Crippen molar-refractivity contribution in [1.29, 1.82) is 0 Å². The zero-order valence-corrected chi connectivity index (χ0v) is 8.44. The summed E-state index contributed by atoms with van der Waals surface area (Å²) < 4.78 is 28.8. The number of benzene rings is 1. The van der Waals surface area contributed by atoms with Crippen LogP contribution in [-0.4, -0.2) is 22.4 Å². The maximum absolute atomic E-state index is 10.9. The van der Waals surface area contributed by atoms with Gasteiger partial charge in [-0.25, -0.2) is 0 Å². The second kappa shape index (κ2) is 2.98. The fourth-order valence-electron chi connectivity index (χ4n) is 1.01. The molecule has 0 aliphatic carbocycles. The summed E-state index contributed by atoms with van der Waals surface area (Å²) in [5.74, 6) is 0. The van der Waals surface area contributed by atoms with Crippen molar-refractivity contribution in [3.8, 4) is 0 Å². The van der Waals surface area contributed by atoms with E-state index >= 15 is 0 Å². The van der Waals surface area contributed by atoms with Gasteiger partial charge in [-0.3, -0.25) is 0 Å². The van der Waals surface area contributed by atoms with Crippen LogP contribution >= 0.6 is 0 Å². The van der Waals surface area contributed by atoms with Gasteiger partial charge in [0, 0.05) is 0 Å². The molecule has 0 heterocycles. The summed E-state index contributed by atoms with van der Waals surface area (Å²) in [6.07, 6.45) is 0. The molecule has 0 radical (unpaired) electrons. The summed E-state index contributed by atoms with van der Waals surface area (Å²) in [6.45, 7) is 1.63. The average molecular weight is 231 g/mol. The Hall–Kier alpha value is -0.702. The molecule has 0 atom stereocenters. The Kier molecular flexibility index (Phi) is 2.33. The summed E-state index contributed by atoms with van der Waals surface area (Å²) in [6, 6.07) is 4.42. The summed E-state index contributed by atoms with van der Waals surface area (Å²) in [4.78, 5) is 0. The Morgan fingerprint density at radius 1 is 1.42 bits per heavy atom. The molecule has 0 bridgehead atoms. The second-order valence-corrected chi connectivity index (χ2v) is 5.88. The number of hydrogen-bond donors (Lipinski definition) is 3. The first-order valence-corrected chi connectivity index (χ1v) is 6.72. The topological polar surface area (TPSA) is 83.6 Å². The molecule has 0 saturated heterocycles. The quantitative estimate of drug-likeness (QED) is 0.433. The van der Waals surface area contributed by atoms with Crippen molar-refractivity contribution >= 4 is 24.2 Å². The molecule has 4 N–H and O–H groups in total. The van der Waals surface area contributed by atoms with Crippen molar-refractivity contribution in [1.82, 2.24) is 0 Å². The van der Waals surface area contributed by atoms with Crippen molar-refractivity contribution in [2.45, 2.75) is 6.92 Å². The fraction of sp³-hybridized carbons (Fsp3) is 0.143. The van der Waals surface area contributed by atoms with Crippen LogP contribution in [0.4, 0.5) is 5.69 Å². The fourth-order valence-corrected chi connectivity index (χ4v) is 2.67. The van der Waals surface area contributed by atoms with Gasteiger partial charge in [-0.2, -0.15) is 0 Å². The van der Waals surface area contributed by atoms with Crippen LogP contribution in [0.3, 0.4) is 0 Å². The van der Waals surface area contributed by atoms with E-state index in [9.17, 15) is 3.74 Å². The van der Waals surface area contributed by atoms with E-state index in [-0.39, 0.29) is 4.35 Å². The second-order valence-electron chi connectivity index (χ2n) is 2.59. The van der Waals surface area contributed by atoms with E-state index in [0.717, 1.165) is 0 Å². The van der Waals surface area contributed by atoms with Gasteiger partial charge in [0.15, 0.2) is 0 Å². The van der Waals surface area contributed by atoms with Gasteiger partial charge >= 0.3 is 72.6 Å². The maximum atomic E-state index is 10.9. The molecule has 0 amide bonds. The van der Waals surface area contributed by atoms with E-state index in [2.05, 4.69) is 0 Å². The molecule has 1 rings (SSSR count). The van der Waals surface area contributed by atoms with E-state index in [1.165, 1.54) is 12.1 Å². The molecule has 66 valence electrons. The molecular formula is C7H10AsNO3. The van der Waals surface area contributed by atoms with Crippen LogP contribution in [0.25, 0.3) is 0 Å². The molecule has 0 saturated carbocycles. The average Bonchev–Trinajstić information content (AvgIpc) is 1.83. The van der Waals surface area contributed by atoms with E-state index in [0.29, 0.717) is 11.3 Å². The first-order chi connectivity index (χ1) is 5.41. The summed E-state index contributed by atoms with van der Waals surface area (Å²) in [7, 11) is 0. The zero-order valence-electron chi connectivity index (χ0n) is 6.56. The minimum absolute atomic E-state index is 0.0994. The van der Waals surface area contributed by atoms with Crippen molar-refractivity contribution < 1.29 is 11.9 Å². The summed E-state index contributed by atoms with van der Waals surface area (Å²) in [5.41, 5.74) is 6.48. The molecule has 0 aliphatic rings. The molecule has 1 aromatic rings. The minimum atomic E-state index is -4.73. The van der Waals surface area contributed by atoms with Crippen LogP contribution in [0.1, 0.15) is 5.56 Å². The van der Waals surface area contributed by atoms with Gasteiger partial charge in [-0.1, -0.05) is 0 Å². The van der Waals surface area contributed by atoms with E-state index in [4.69, 9.17) is 13.9 Å². The summed E-state index contributed by atoms with van der Waals surface area (Å²) >= 11 is -4.73. The number of nitrogens with two attached hydrogens (primary N) is 1. The van der Waals surface area contributed by atoms with Crippen LogP contribution < -0.4 is 10.1 Å². The predicted molar refractivity (Wildman–Crippen MR) is 46.1 cm³/mol. The Morgan fingerprint density at radius 3 is 2.42 bits per heavy atom. The first kappa shape index (κ1) is 9.39. The van der Waals surface area contributed by atoms with Crippen molar-refractivity contribution in [2.24, 2.45) is 0 Å². The Bertz CT molecular complexity index is 345. The van der Waals surface area contributed by atoms with Gasteiger partial charge in [-0.15, -0.1) is 0 Å². The van der Waals surface area contributed by atoms with Gasteiger partial charge in [0.1, 0.15) is 0 Å². The molecule has 0 aromatic heterocycles. The van der Waals surface area contributed by atoms with Gasteiger partial charge < -0.3 is 0 Å². The van der Waals surface area contributed by atoms with Crippen LogP contribution in [0, 0.1) is 6.92 Å². The van der Waals surface area contributed by atoms with Gasteiger partial charge in [0.05, 0.1) is 0 Å². The van der Waals surface area contributed by atoms with E-state index < -0.39 is 14.2 Å². The molecule has 12 heavy (non-hydrogen) atoms.